The fraction of sp³-hybridized carbons (Fsp3) is 0. The standard InChI is InChI=1S/C11H7FN2O/c12-11-10(5-8(7-15)6-14-11)9-1-3-13-4-2-9/h1-7H. The summed E-state index contributed by atoms with van der Waals surface area (Å²) in [5, 5.41) is 0. The van der Waals surface area contributed by atoms with E-state index in [0.717, 1.165) is 0 Å². The first-order valence-electron chi connectivity index (χ1n) is 4.32. The van der Waals surface area contributed by atoms with Crippen LogP contribution in [0.1, 0.15) is 10.4 Å². The van der Waals surface area contributed by atoms with Gasteiger partial charge in [0.2, 0.25) is 5.95 Å². The quantitative estimate of drug-likeness (QED) is 0.553. The van der Waals surface area contributed by atoms with Gasteiger partial charge in [-0.25, -0.2) is 4.98 Å². The lowest BCUT2D eigenvalue weighted by molar-refractivity contribution is 0.112. The van der Waals surface area contributed by atoms with Crippen LogP contribution in [0.25, 0.3) is 11.1 Å². The molecule has 0 saturated heterocycles. The van der Waals surface area contributed by atoms with E-state index in [1.165, 1.54) is 12.3 Å². The van der Waals surface area contributed by atoms with Gasteiger partial charge in [0.25, 0.3) is 0 Å². The minimum atomic E-state index is -0.591. The second kappa shape index (κ2) is 3.96. The van der Waals surface area contributed by atoms with Gasteiger partial charge < -0.3 is 0 Å². The predicted octanol–water partition coefficient (Wildman–Crippen LogP) is 2.10. The van der Waals surface area contributed by atoms with Crippen LogP contribution >= 0.6 is 0 Å². The van der Waals surface area contributed by atoms with Crippen LogP contribution < -0.4 is 0 Å². The van der Waals surface area contributed by atoms with E-state index in [9.17, 15) is 9.18 Å². The molecular weight excluding hydrogens is 195 g/mol. The summed E-state index contributed by atoms with van der Waals surface area (Å²) in [4.78, 5) is 17.9. The second-order valence-electron chi connectivity index (χ2n) is 2.96. The second-order valence-corrected chi connectivity index (χ2v) is 2.96. The van der Waals surface area contributed by atoms with E-state index in [2.05, 4.69) is 9.97 Å². The summed E-state index contributed by atoms with van der Waals surface area (Å²) in [5.41, 5.74) is 1.31. The molecule has 0 unspecified atom stereocenters. The Morgan fingerprint density at radius 1 is 1.27 bits per heavy atom. The molecule has 0 radical (unpaired) electrons. The van der Waals surface area contributed by atoms with Crippen LogP contribution in [-0.4, -0.2) is 16.3 Å². The van der Waals surface area contributed by atoms with Crippen LogP contribution in [0.4, 0.5) is 4.39 Å². The first kappa shape index (κ1) is 9.45. The van der Waals surface area contributed by atoms with Crippen molar-refractivity contribution in [3.8, 4) is 11.1 Å². The van der Waals surface area contributed by atoms with Crippen molar-refractivity contribution in [2.24, 2.45) is 0 Å². The molecule has 2 aromatic heterocycles. The first-order valence-corrected chi connectivity index (χ1v) is 4.32. The highest BCUT2D eigenvalue weighted by molar-refractivity contribution is 5.78. The monoisotopic (exact) mass is 202 g/mol. The van der Waals surface area contributed by atoms with Gasteiger partial charge in [-0.15, -0.1) is 0 Å². The van der Waals surface area contributed by atoms with E-state index in [4.69, 9.17) is 0 Å². The maximum Gasteiger partial charge on any atom is 0.220 e. The number of hydrogen-bond acceptors (Lipinski definition) is 3. The van der Waals surface area contributed by atoms with Crippen LogP contribution in [0, 0.1) is 5.95 Å². The van der Waals surface area contributed by atoms with Crippen molar-refractivity contribution < 1.29 is 9.18 Å². The molecule has 4 heteroatoms. The number of aromatic nitrogens is 2. The molecule has 15 heavy (non-hydrogen) atoms. The molecule has 3 nitrogen and oxygen atoms in total. The van der Waals surface area contributed by atoms with Crippen LogP contribution in [-0.2, 0) is 0 Å². The highest BCUT2D eigenvalue weighted by Gasteiger charge is 2.06. The predicted molar refractivity (Wildman–Crippen MR) is 52.8 cm³/mol. The lowest BCUT2D eigenvalue weighted by Crippen LogP contribution is -1.92. The Bertz CT molecular complexity index is 485. The zero-order valence-electron chi connectivity index (χ0n) is 7.72. The zero-order chi connectivity index (χ0) is 10.7. The third kappa shape index (κ3) is 1.88. The van der Waals surface area contributed by atoms with Crippen molar-refractivity contribution in [1.29, 1.82) is 0 Å². The Kier molecular flexibility index (Phi) is 2.49. The van der Waals surface area contributed by atoms with Crippen LogP contribution in [0.2, 0.25) is 0 Å². The lowest BCUT2D eigenvalue weighted by Gasteiger charge is -2.02. The lowest BCUT2D eigenvalue weighted by atomic mass is 10.1. The summed E-state index contributed by atoms with van der Waals surface area (Å²) in [5.74, 6) is -0.591. The molecule has 0 aromatic carbocycles. The number of nitrogens with zero attached hydrogens (tertiary/aromatic N) is 2. The normalized spacial score (nSPS) is 9.93. The Morgan fingerprint density at radius 2 is 2.00 bits per heavy atom. The van der Waals surface area contributed by atoms with Crippen molar-refractivity contribution in [2.75, 3.05) is 0 Å². The van der Waals surface area contributed by atoms with Crippen molar-refractivity contribution in [3.63, 3.8) is 0 Å². The van der Waals surface area contributed by atoms with Crippen molar-refractivity contribution >= 4 is 6.29 Å². The Hall–Kier alpha value is -2.10. The topological polar surface area (TPSA) is 42.9 Å². The molecule has 0 amide bonds. The number of carbonyl (C=O) groups is 1. The van der Waals surface area contributed by atoms with E-state index in [1.54, 1.807) is 24.5 Å². The summed E-state index contributed by atoms with van der Waals surface area (Å²) in [6.07, 6.45) is 4.95. The Labute approximate surface area is 85.6 Å². The third-order valence-electron chi connectivity index (χ3n) is 1.99. The molecule has 2 aromatic rings. The van der Waals surface area contributed by atoms with E-state index in [1.807, 2.05) is 0 Å². The van der Waals surface area contributed by atoms with E-state index in [-0.39, 0.29) is 0 Å². The molecule has 0 fully saturated rings. The Morgan fingerprint density at radius 3 is 2.67 bits per heavy atom. The van der Waals surface area contributed by atoms with E-state index < -0.39 is 5.95 Å². The van der Waals surface area contributed by atoms with Crippen LogP contribution in [0.5, 0.6) is 0 Å². The number of hydrogen-bond donors (Lipinski definition) is 0. The average Bonchev–Trinajstić information content (AvgIpc) is 2.31. The Balaban J connectivity index is 2.57. The molecule has 2 heterocycles. The molecule has 0 bridgehead atoms. The smallest absolute Gasteiger partial charge is 0.220 e. The molecule has 0 aliphatic carbocycles. The highest BCUT2D eigenvalue weighted by Crippen LogP contribution is 2.20. The van der Waals surface area contributed by atoms with Gasteiger partial charge in [0.15, 0.2) is 6.29 Å². The molecule has 0 aliphatic heterocycles. The fourth-order valence-electron chi connectivity index (χ4n) is 1.26. The van der Waals surface area contributed by atoms with Gasteiger partial charge in [0.05, 0.1) is 0 Å². The molecule has 74 valence electrons. The van der Waals surface area contributed by atoms with Gasteiger partial charge in [0.1, 0.15) is 0 Å². The van der Waals surface area contributed by atoms with Crippen LogP contribution in [0.15, 0.2) is 36.8 Å². The molecule has 2 rings (SSSR count). The van der Waals surface area contributed by atoms with E-state index >= 15 is 0 Å². The van der Waals surface area contributed by atoms with Crippen molar-refractivity contribution in [3.05, 3.63) is 48.3 Å². The molecule has 0 atom stereocenters. The van der Waals surface area contributed by atoms with Crippen molar-refractivity contribution in [2.45, 2.75) is 0 Å². The third-order valence-corrected chi connectivity index (χ3v) is 1.99. The summed E-state index contributed by atoms with van der Waals surface area (Å²) in [6, 6.07) is 4.79. The van der Waals surface area contributed by atoms with E-state index in [0.29, 0.717) is 23.0 Å². The van der Waals surface area contributed by atoms with Gasteiger partial charge in [-0.3, -0.25) is 9.78 Å². The van der Waals surface area contributed by atoms with Gasteiger partial charge in [-0.1, -0.05) is 0 Å². The van der Waals surface area contributed by atoms with Crippen LogP contribution in [0.3, 0.4) is 0 Å². The van der Waals surface area contributed by atoms with Gasteiger partial charge in [-0.05, 0) is 23.8 Å². The number of halogens is 1. The summed E-state index contributed by atoms with van der Waals surface area (Å²) in [7, 11) is 0. The number of rotatable bonds is 2. The molecular formula is C11H7FN2O. The van der Waals surface area contributed by atoms with Gasteiger partial charge in [0, 0.05) is 29.7 Å². The molecule has 0 N–H and O–H groups in total. The minimum Gasteiger partial charge on any atom is -0.298 e. The maximum atomic E-state index is 13.3. The fourth-order valence-corrected chi connectivity index (χ4v) is 1.26. The molecule has 0 saturated carbocycles. The SMILES string of the molecule is O=Cc1cnc(F)c(-c2ccncc2)c1. The highest BCUT2D eigenvalue weighted by atomic mass is 19.1. The summed E-state index contributed by atoms with van der Waals surface area (Å²) in [6.45, 7) is 0. The largest absolute Gasteiger partial charge is 0.298 e. The zero-order valence-corrected chi connectivity index (χ0v) is 7.72. The van der Waals surface area contributed by atoms with Gasteiger partial charge >= 0.3 is 0 Å². The van der Waals surface area contributed by atoms with Crippen molar-refractivity contribution in [1.82, 2.24) is 9.97 Å². The first-order chi connectivity index (χ1) is 7.31. The number of aldehydes is 1. The average molecular weight is 202 g/mol. The number of pyridine rings is 2. The van der Waals surface area contributed by atoms with Gasteiger partial charge in [-0.2, -0.15) is 4.39 Å². The maximum absolute atomic E-state index is 13.3. The number of carbonyl (C=O) groups excluding carboxylic acids is 1. The summed E-state index contributed by atoms with van der Waals surface area (Å²) >= 11 is 0. The minimum absolute atomic E-state index is 0.307. The molecule has 0 spiro atoms. The molecule has 0 aliphatic rings. The summed E-state index contributed by atoms with van der Waals surface area (Å²) < 4.78 is 13.3.